The van der Waals surface area contributed by atoms with Crippen LogP contribution in [0.15, 0.2) is 36.4 Å². The van der Waals surface area contributed by atoms with E-state index in [1.165, 1.54) is 24.3 Å². The third kappa shape index (κ3) is 3.44. The van der Waals surface area contributed by atoms with Crippen LogP contribution in [-0.4, -0.2) is 12.6 Å². The number of anilines is 1. The minimum absolute atomic E-state index is 0.0624. The number of rotatable bonds is 4. The van der Waals surface area contributed by atoms with Crippen molar-refractivity contribution in [2.75, 3.05) is 12.3 Å². The summed E-state index contributed by atoms with van der Waals surface area (Å²) in [5.74, 6) is -0.493. The van der Waals surface area contributed by atoms with Gasteiger partial charge in [0.25, 0.3) is 0 Å². The first-order valence-electron chi connectivity index (χ1n) is 6.21. The minimum atomic E-state index is -0.544. The van der Waals surface area contributed by atoms with Gasteiger partial charge in [0.05, 0.1) is 22.9 Å². The van der Waals surface area contributed by atoms with Gasteiger partial charge in [-0.05, 0) is 31.2 Å². The van der Waals surface area contributed by atoms with Gasteiger partial charge in [-0.3, -0.25) is 0 Å². The number of para-hydroxylation sites is 1. The van der Waals surface area contributed by atoms with Crippen LogP contribution < -0.4 is 10.5 Å². The topological polar surface area (TPSA) is 61.5 Å². The fraction of sp³-hybridized carbons (Fsp3) is 0.133. The number of nitrogens with two attached hydrogens (primary N) is 1. The summed E-state index contributed by atoms with van der Waals surface area (Å²) in [5.41, 5.74) is 6.26. The van der Waals surface area contributed by atoms with Gasteiger partial charge in [0.1, 0.15) is 11.6 Å². The molecule has 0 radical (unpaired) electrons. The van der Waals surface area contributed by atoms with E-state index >= 15 is 0 Å². The molecule has 0 aromatic heterocycles. The Kier molecular flexibility index (Phi) is 4.65. The summed E-state index contributed by atoms with van der Waals surface area (Å²) in [5, 5.41) is -0.0624. The maximum Gasteiger partial charge on any atom is 0.340 e. The Hall–Kier alpha value is -2.27. The maximum absolute atomic E-state index is 13.1. The van der Waals surface area contributed by atoms with Crippen LogP contribution in [0.25, 0.3) is 0 Å². The zero-order chi connectivity index (χ0) is 15.4. The quantitative estimate of drug-likeness (QED) is 0.684. The molecule has 2 N–H and O–H groups in total. The number of ether oxygens (including phenoxy) is 2. The number of hydrogen-bond donors (Lipinski definition) is 1. The van der Waals surface area contributed by atoms with Gasteiger partial charge in [0.2, 0.25) is 0 Å². The molecule has 2 aromatic carbocycles. The molecule has 0 saturated carbocycles. The number of benzene rings is 2. The first-order valence-corrected chi connectivity index (χ1v) is 6.59. The van der Waals surface area contributed by atoms with Crippen LogP contribution in [0.1, 0.15) is 17.3 Å². The van der Waals surface area contributed by atoms with Gasteiger partial charge in [-0.2, -0.15) is 0 Å². The Bertz CT molecular complexity index is 676. The van der Waals surface area contributed by atoms with Crippen molar-refractivity contribution in [1.29, 1.82) is 0 Å². The highest BCUT2D eigenvalue weighted by molar-refractivity contribution is 6.30. The van der Waals surface area contributed by atoms with Gasteiger partial charge < -0.3 is 15.2 Å². The molecule has 2 rings (SSSR count). The van der Waals surface area contributed by atoms with Crippen molar-refractivity contribution in [3.05, 3.63) is 52.8 Å². The lowest BCUT2D eigenvalue weighted by atomic mass is 10.1. The Morgan fingerprint density at radius 2 is 2.10 bits per heavy atom. The van der Waals surface area contributed by atoms with Gasteiger partial charge in [-0.15, -0.1) is 0 Å². The van der Waals surface area contributed by atoms with E-state index in [0.29, 0.717) is 5.75 Å². The average molecular weight is 310 g/mol. The Balaban J connectivity index is 2.30. The van der Waals surface area contributed by atoms with Crippen molar-refractivity contribution in [1.82, 2.24) is 0 Å². The lowest BCUT2D eigenvalue weighted by Gasteiger charge is -2.11. The number of hydrogen-bond acceptors (Lipinski definition) is 4. The Morgan fingerprint density at radius 3 is 2.76 bits per heavy atom. The molecule has 6 heteroatoms. The summed E-state index contributed by atoms with van der Waals surface area (Å²) in [6, 6.07) is 8.67. The molecule has 110 valence electrons. The third-order valence-corrected chi connectivity index (χ3v) is 2.97. The van der Waals surface area contributed by atoms with Crippen molar-refractivity contribution < 1.29 is 18.7 Å². The van der Waals surface area contributed by atoms with Gasteiger partial charge >= 0.3 is 5.97 Å². The summed E-state index contributed by atoms with van der Waals surface area (Å²) < 4.78 is 23.5. The van der Waals surface area contributed by atoms with E-state index in [4.69, 9.17) is 26.8 Å². The lowest BCUT2D eigenvalue weighted by Crippen LogP contribution is -2.08. The van der Waals surface area contributed by atoms with Crippen molar-refractivity contribution in [3.63, 3.8) is 0 Å². The molecule has 2 aromatic rings. The monoisotopic (exact) mass is 309 g/mol. The SMILES string of the molecule is CCOC(=O)c1cccc(Oc2ccc(F)c(Cl)c2)c1N. The highest BCUT2D eigenvalue weighted by Crippen LogP contribution is 2.32. The predicted octanol–water partition coefficient (Wildman–Crippen LogP) is 4.03. The molecule has 0 heterocycles. The molecular formula is C15H13ClFNO3. The van der Waals surface area contributed by atoms with Gasteiger partial charge in [-0.25, -0.2) is 9.18 Å². The van der Waals surface area contributed by atoms with Crippen LogP contribution >= 0.6 is 11.6 Å². The fourth-order valence-corrected chi connectivity index (χ4v) is 1.86. The van der Waals surface area contributed by atoms with Crippen LogP contribution in [-0.2, 0) is 4.74 Å². The number of carbonyl (C=O) groups excluding carboxylic acids is 1. The van der Waals surface area contributed by atoms with E-state index in [-0.39, 0.29) is 28.6 Å². The minimum Gasteiger partial charge on any atom is -0.462 e. The van der Waals surface area contributed by atoms with Crippen molar-refractivity contribution in [2.45, 2.75) is 6.92 Å². The number of esters is 1. The molecule has 0 unspecified atom stereocenters. The fourth-order valence-electron chi connectivity index (χ4n) is 1.69. The summed E-state index contributed by atoms with van der Waals surface area (Å²) in [7, 11) is 0. The van der Waals surface area contributed by atoms with E-state index in [0.717, 1.165) is 0 Å². The molecule has 4 nitrogen and oxygen atoms in total. The molecular weight excluding hydrogens is 297 g/mol. The van der Waals surface area contributed by atoms with Crippen LogP contribution in [0.5, 0.6) is 11.5 Å². The van der Waals surface area contributed by atoms with Gasteiger partial charge in [0.15, 0.2) is 5.75 Å². The molecule has 0 aliphatic rings. The van der Waals surface area contributed by atoms with Crippen LogP contribution in [0.3, 0.4) is 0 Å². The van der Waals surface area contributed by atoms with Gasteiger partial charge in [0, 0.05) is 6.07 Å². The second-order valence-corrected chi connectivity index (χ2v) is 4.52. The zero-order valence-corrected chi connectivity index (χ0v) is 12.0. The van der Waals surface area contributed by atoms with Crippen LogP contribution in [0, 0.1) is 5.82 Å². The summed E-state index contributed by atoms with van der Waals surface area (Å²) in [4.78, 5) is 11.7. The molecule has 21 heavy (non-hydrogen) atoms. The van der Waals surface area contributed by atoms with Crippen LogP contribution in [0.2, 0.25) is 5.02 Å². The standard InChI is InChI=1S/C15H13ClFNO3/c1-2-20-15(19)10-4-3-5-13(14(10)18)21-9-6-7-12(17)11(16)8-9/h3-8H,2,18H2,1H3. The molecule has 0 spiro atoms. The molecule has 0 atom stereocenters. The first-order chi connectivity index (χ1) is 10.0. The van der Waals surface area contributed by atoms with Crippen molar-refractivity contribution >= 4 is 23.3 Å². The largest absolute Gasteiger partial charge is 0.462 e. The van der Waals surface area contributed by atoms with E-state index in [1.807, 2.05) is 0 Å². The Labute approximate surface area is 126 Å². The van der Waals surface area contributed by atoms with Crippen molar-refractivity contribution in [2.24, 2.45) is 0 Å². The summed E-state index contributed by atoms with van der Waals surface area (Å²) in [6.07, 6.45) is 0. The zero-order valence-electron chi connectivity index (χ0n) is 11.2. The highest BCUT2D eigenvalue weighted by atomic mass is 35.5. The lowest BCUT2D eigenvalue weighted by molar-refractivity contribution is 0.0527. The van der Waals surface area contributed by atoms with E-state index in [9.17, 15) is 9.18 Å². The molecule has 0 aliphatic carbocycles. The average Bonchev–Trinajstić information content (AvgIpc) is 2.45. The highest BCUT2D eigenvalue weighted by Gasteiger charge is 2.15. The first kappa shape index (κ1) is 15.1. The molecule has 0 fully saturated rings. The van der Waals surface area contributed by atoms with E-state index < -0.39 is 11.8 Å². The second-order valence-electron chi connectivity index (χ2n) is 4.12. The second kappa shape index (κ2) is 6.45. The van der Waals surface area contributed by atoms with Crippen molar-refractivity contribution in [3.8, 4) is 11.5 Å². The smallest absolute Gasteiger partial charge is 0.340 e. The maximum atomic E-state index is 13.1. The number of carbonyl (C=O) groups is 1. The molecule has 0 aliphatic heterocycles. The normalized spacial score (nSPS) is 10.2. The van der Waals surface area contributed by atoms with E-state index in [2.05, 4.69) is 0 Å². The Morgan fingerprint density at radius 1 is 1.33 bits per heavy atom. The molecule has 0 saturated heterocycles. The number of halogens is 2. The summed E-state index contributed by atoms with van der Waals surface area (Å²) in [6.45, 7) is 1.95. The van der Waals surface area contributed by atoms with Crippen LogP contribution in [0.4, 0.5) is 10.1 Å². The third-order valence-electron chi connectivity index (χ3n) is 2.68. The van der Waals surface area contributed by atoms with Gasteiger partial charge in [-0.1, -0.05) is 17.7 Å². The molecule has 0 amide bonds. The molecule has 0 bridgehead atoms. The summed E-state index contributed by atoms with van der Waals surface area (Å²) >= 11 is 5.68. The van der Waals surface area contributed by atoms with E-state index in [1.54, 1.807) is 19.1 Å². The predicted molar refractivity (Wildman–Crippen MR) is 78.3 cm³/mol. The number of nitrogen functional groups attached to an aromatic ring is 1.